The van der Waals surface area contributed by atoms with E-state index in [1.165, 1.54) is 23.5 Å². The Morgan fingerprint density at radius 3 is 2.48 bits per heavy atom. The van der Waals surface area contributed by atoms with E-state index in [9.17, 15) is 13.2 Å². The molecule has 0 radical (unpaired) electrons. The van der Waals surface area contributed by atoms with Gasteiger partial charge in [0.25, 0.3) is 0 Å². The molecule has 0 spiro atoms. The largest absolute Gasteiger partial charge is 0.416 e. The molecule has 114 valence electrons. The fourth-order valence-electron chi connectivity index (χ4n) is 1.93. The van der Waals surface area contributed by atoms with Crippen LogP contribution in [0.2, 0.25) is 0 Å². The monoisotopic (exact) mass is 315 g/mol. The molecule has 3 nitrogen and oxygen atoms in total. The Morgan fingerprint density at radius 1 is 1.29 bits per heavy atom. The van der Waals surface area contributed by atoms with Crippen molar-refractivity contribution in [2.75, 3.05) is 5.73 Å². The van der Waals surface area contributed by atoms with Gasteiger partial charge < -0.3 is 11.1 Å². The summed E-state index contributed by atoms with van der Waals surface area (Å²) in [4.78, 5) is 5.00. The predicted octanol–water partition coefficient (Wildman–Crippen LogP) is 3.46. The van der Waals surface area contributed by atoms with Gasteiger partial charge >= 0.3 is 6.18 Å². The molecule has 2 aromatic rings. The summed E-state index contributed by atoms with van der Waals surface area (Å²) in [5, 5.41) is 3.83. The Hall–Kier alpha value is -1.60. The lowest BCUT2D eigenvalue weighted by atomic mass is 10.0. The lowest BCUT2D eigenvalue weighted by Crippen LogP contribution is -2.27. The first-order valence-corrected chi connectivity index (χ1v) is 7.26. The molecule has 0 aliphatic carbocycles. The topological polar surface area (TPSA) is 50.9 Å². The van der Waals surface area contributed by atoms with E-state index >= 15 is 0 Å². The Balaban J connectivity index is 1.86. The average molecular weight is 315 g/mol. The Kier molecular flexibility index (Phi) is 4.84. The summed E-state index contributed by atoms with van der Waals surface area (Å²) in [5.74, 6) is 0. The van der Waals surface area contributed by atoms with Crippen LogP contribution in [0.4, 0.5) is 18.3 Å². The highest BCUT2D eigenvalue weighted by Crippen LogP contribution is 2.29. The van der Waals surface area contributed by atoms with Crippen molar-refractivity contribution in [2.45, 2.75) is 32.1 Å². The number of halogens is 3. The van der Waals surface area contributed by atoms with E-state index < -0.39 is 11.7 Å². The normalized spacial score (nSPS) is 13.3. The van der Waals surface area contributed by atoms with E-state index in [0.29, 0.717) is 18.1 Å². The third kappa shape index (κ3) is 4.71. The van der Waals surface area contributed by atoms with E-state index in [-0.39, 0.29) is 6.04 Å². The molecule has 3 N–H and O–H groups in total. The average Bonchev–Trinajstić information content (AvgIpc) is 2.82. The molecule has 1 unspecified atom stereocenters. The van der Waals surface area contributed by atoms with Crippen LogP contribution < -0.4 is 11.1 Å². The highest BCUT2D eigenvalue weighted by molar-refractivity contribution is 7.15. The number of alkyl halides is 3. The third-order valence-corrected chi connectivity index (χ3v) is 3.85. The summed E-state index contributed by atoms with van der Waals surface area (Å²) >= 11 is 1.42. The molecule has 0 aliphatic rings. The van der Waals surface area contributed by atoms with Crippen molar-refractivity contribution >= 4 is 16.5 Å². The molecule has 21 heavy (non-hydrogen) atoms. The van der Waals surface area contributed by atoms with Gasteiger partial charge in [0.2, 0.25) is 0 Å². The minimum atomic E-state index is -4.28. The van der Waals surface area contributed by atoms with Gasteiger partial charge in [0, 0.05) is 23.7 Å². The summed E-state index contributed by atoms with van der Waals surface area (Å²) in [6, 6.07) is 5.42. The van der Waals surface area contributed by atoms with Crippen molar-refractivity contribution in [2.24, 2.45) is 0 Å². The van der Waals surface area contributed by atoms with Gasteiger partial charge in [-0.15, -0.1) is 11.3 Å². The molecule has 0 bridgehead atoms. The van der Waals surface area contributed by atoms with Crippen molar-refractivity contribution < 1.29 is 13.2 Å². The first-order valence-electron chi connectivity index (χ1n) is 6.44. The van der Waals surface area contributed by atoms with Gasteiger partial charge in [-0.2, -0.15) is 13.2 Å². The lowest BCUT2D eigenvalue weighted by Gasteiger charge is -2.14. The van der Waals surface area contributed by atoms with Gasteiger partial charge in [-0.1, -0.05) is 12.1 Å². The number of nitrogens with two attached hydrogens (primary N) is 1. The molecule has 1 aromatic heterocycles. The number of nitrogens with one attached hydrogen (secondary N) is 1. The Labute approximate surface area is 125 Å². The van der Waals surface area contributed by atoms with E-state index in [4.69, 9.17) is 5.73 Å². The molecular weight excluding hydrogens is 299 g/mol. The zero-order valence-electron chi connectivity index (χ0n) is 11.4. The first-order chi connectivity index (χ1) is 9.84. The van der Waals surface area contributed by atoms with Gasteiger partial charge in [-0.3, -0.25) is 0 Å². The highest BCUT2D eigenvalue weighted by Gasteiger charge is 2.29. The molecule has 0 fully saturated rings. The minimum absolute atomic E-state index is 0.144. The summed E-state index contributed by atoms with van der Waals surface area (Å²) < 4.78 is 37.4. The molecule has 7 heteroatoms. The van der Waals surface area contributed by atoms with Crippen LogP contribution in [0.25, 0.3) is 0 Å². The molecule has 1 heterocycles. The third-order valence-electron chi connectivity index (χ3n) is 3.02. The summed E-state index contributed by atoms with van der Waals surface area (Å²) in [5.41, 5.74) is 5.79. The fourth-order valence-corrected chi connectivity index (χ4v) is 2.57. The summed E-state index contributed by atoms with van der Waals surface area (Å²) in [7, 11) is 0. The van der Waals surface area contributed by atoms with E-state index in [1.807, 2.05) is 6.92 Å². The van der Waals surface area contributed by atoms with Crippen LogP contribution in [0.3, 0.4) is 0 Å². The number of nitrogens with zero attached hydrogens (tertiary/aromatic N) is 1. The van der Waals surface area contributed by atoms with Crippen LogP contribution in [-0.4, -0.2) is 11.0 Å². The molecule has 1 atom stereocenters. The minimum Gasteiger partial charge on any atom is -0.375 e. The molecular formula is C14H16F3N3S. The van der Waals surface area contributed by atoms with Crippen LogP contribution in [0.1, 0.15) is 22.9 Å². The zero-order valence-corrected chi connectivity index (χ0v) is 12.3. The van der Waals surface area contributed by atoms with E-state index in [2.05, 4.69) is 10.3 Å². The standard InChI is InChI=1S/C14H16F3N3S/c1-9(19-7-12-8-20-13(18)21-12)6-10-2-4-11(5-3-10)14(15,16)17/h2-5,8-9,19H,6-7H2,1H3,(H2,18,20). The molecule has 0 saturated heterocycles. The Bertz CT molecular complexity index is 578. The summed E-state index contributed by atoms with van der Waals surface area (Å²) in [6.07, 6.45) is -1.90. The van der Waals surface area contributed by atoms with E-state index in [1.54, 1.807) is 6.20 Å². The maximum atomic E-state index is 12.5. The number of aromatic nitrogens is 1. The van der Waals surface area contributed by atoms with Gasteiger partial charge in [-0.05, 0) is 31.0 Å². The van der Waals surface area contributed by atoms with Gasteiger partial charge in [0.1, 0.15) is 0 Å². The maximum absolute atomic E-state index is 12.5. The number of thiazole rings is 1. The molecule has 0 amide bonds. The number of nitrogen functional groups attached to an aromatic ring is 1. The molecule has 2 rings (SSSR count). The summed E-state index contributed by atoms with van der Waals surface area (Å²) in [6.45, 7) is 2.64. The maximum Gasteiger partial charge on any atom is 0.416 e. The van der Waals surface area contributed by atoms with Crippen molar-refractivity contribution in [3.63, 3.8) is 0 Å². The number of anilines is 1. The number of hydrogen-bond acceptors (Lipinski definition) is 4. The number of rotatable bonds is 5. The van der Waals surface area contributed by atoms with Crippen LogP contribution in [-0.2, 0) is 19.1 Å². The first kappa shape index (κ1) is 15.8. The highest BCUT2D eigenvalue weighted by atomic mass is 32.1. The zero-order chi connectivity index (χ0) is 15.5. The van der Waals surface area contributed by atoms with Crippen LogP contribution in [0.5, 0.6) is 0 Å². The van der Waals surface area contributed by atoms with Crippen molar-refractivity contribution in [3.05, 3.63) is 46.5 Å². The van der Waals surface area contributed by atoms with Gasteiger partial charge in [0.15, 0.2) is 5.13 Å². The number of benzene rings is 1. The van der Waals surface area contributed by atoms with Crippen LogP contribution in [0, 0.1) is 0 Å². The van der Waals surface area contributed by atoms with E-state index in [0.717, 1.165) is 22.6 Å². The quantitative estimate of drug-likeness (QED) is 0.888. The smallest absolute Gasteiger partial charge is 0.375 e. The lowest BCUT2D eigenvalue weighted by molar-refractivity contribution is -0.137. The molecule has 0 aliphatic heterocycles. The predicted molar refractivity (Wildman–Crippen MR) is 78.0 cm³/mol. The second kappa shape index (κ2) is 6.44. The van der Waals surface area contributed by atoms with Gasteiger partial charge in [-0.25, -0.2) is 4.98 Å². The van der Waals surface area contributed by atoms with Gasteiger partial charge in [0.05, 0.1) is 5.56 Å². The fraction of sp³-hybridized carbons (Fsp3) is 0.357. The second-order valence-electron chi connectivity index (χ2n) is 4.85. The molecule has 0 saturated carbocycles. The SMILES string of the molecule is CC(Cc1ccc(C(F)(F)F)cc1)NCc1cnc(N)s1. The van der Waals surface area contributed by atoms with Crippen LogP contribution in [0.15, 0.2) is 30.5 Å². The Morgan fingerprint density at radius 2 is 1.95 bits per heavy atom. The van der Waals surface area contributed by atoms with Crippen molar-refractivity contribution in [3.8, 4) is 0 Å². The number of hydrogen-bond donors (Lipinski definition) is 2. The van der Waals surface area contributed by atoms with Crippen molar-refractivity contribution in [1.29, 1.82) is 0 Å². The van der Waals surface area contributed by atoms with Crippen molar-refractivity contribution in [1.82, 2.24) is 10.3 Å². The second-order valence-corrected chi connectivity index (χ2v) is 5.99. The van der Waals surface area contributed by atoms with Crippen LogP contribution >= 0.6 is 11.3 Å². The molecule has 1 aromatic carbocycles.